The Bertz CT molecular complexity index is 493. The minimum absolute atomic E-state index is 0.00134. The van der Waals surface area contributed by atoms with Gasteiger partial charge in [-0.05, 0) is 17.7 Å². The third kappa shape index (κ3) is 1.86. The molecule has 3 rings (SSSR count). The molecular weight excluding hydrogens is 228 g/mol. The summed E-state index contributed by atoms with van der Waals surface area (Å²) >= 11 is 0. The summed E-state index contributed by atoms with van der Waals surface area (Å²) in [7, 11) is 0. The van der Waals surface area contributed by atoms with Gasteiger partial charge in [0.25, 0.3) is 5.91 Å². The lowest BCUT2D eigenvalue weighted by Crippen LogP contribution is -2.43. The number of carbonyl (C=O) groups is 1. The molecule has 1 aromatic carbocycles. The molecule has 0 radical (unpaired) electrons. The van der Waals surface area contributed by atoms with Gasteiger partial charge in [-0.3, -0.25) is 4.79 Å². The van der Waals surface area contributed by atoms with E-state index in [1.807, 2.05) is 6.07 Å². The van der Waals surface area contributed by atoms with Crippen LogP contribution in [0, 0.1) is 0 Å². The second-order valence-electron chi connectivity index (χ2n) is 5.71. The van der Waals surface area contributed by atoms with Crippen LogP contribution in [0.5, 0.6) is 0 Å². The number of benzene rings is 1. The van der Waals surface area contributed by atoms with Crippen LogP contribution < -0.4 is 10.6 Å². The van der Waals surface area contributed by atoms with Gasteiger partial charge in [0.2, 0.25) is 0 Å². The van der Waals surface area contributed by atoms with Crippen LogP contribution in [0.15, 0.2) is 18.2 Å². The highest BCUT2D eigenvalue weighted by Crippen LogP contribution is 2.31. The van der Waals surface area contributed by atoms with Gasteiger partial charge in [-0.15, -0.1) is 0 Å². The standard InChI is InChI=1S/C14H18N2O2/c1-14(2)8-15-13(17)11-5-9(3-4-12(11)14)16-10-6-18-7-10/h3-5,10,16H,6-8H2,1-2H3,(H,15,17). The molecule has 0 saturated carbocycles. The number of rotatable bonds is 2. The molecule has 0 bridgehead atoms. The first-order chi connectivity index (χ1) is 8.56. The lowest BCUT2D eigenvalue weighted by atomic mass is 9.79. The van der Waals surface area contributed by atoms with Gasteiger partial charge in [0.05, 0.1) is 19.3 Å². The topological polar surface area (TPSA) is 50.4 Å². The molecule has 1 aromatic rings. The number of ether oxygens (including phenoxy) is 1. The monoisotopic (exact) mass is 246 g/mol. The molecule has 1 amide bonds. The summed E-state index contributed by atoms with van der Waals surface area (Å²) in [6, 6.07) is 6.44. The second-order valence-corrected chi connectivity index (χ2v) is 5.71. The summed E-state index contributed by atoms with van der Waals surface area (Å²) in [5.41, 5.74) is 2.91. The number of amides is 1. The first-order valence-corrected chi connectivity index (χ1v) is 6.33. The number of hydrogen-bond acceptors (Lipinski definition) is 3. The van der Waals surface area contributed by atoms with Gasteiger partial charge in [-0.1, -0.05) is 19.9 Å². The minimum Gasteiger partial charge on any atom is -0.378 e. The molecule has 0 atom stereocenters. The van der Waals surface area contributed by atoms with Crippen molar-refractivity contribution in [1.29, 1.82) is 0 Å². The van der Waals surface area contributed by atoms with Crippen molar-refractivity contribution in [2.24, 2.45) is 0 Å². The molecule has 2 N–H and O–H groups in total. The molecule has 1 fully saturated rings. The van der Waals surface area contributed by atoms with Crippen molar-refractivity contribution in [3.05, 3.63) is 29.3 Å². The highest BCUT2D eigenvalue weighted by Gasteiger charge is 2.31. The zero-order valence-electron chi connectivity index (χ0n) is 10.7. The first kappa shape index (κ1) is 11.5. The molecule has 2 aliphatic rings. The van der Waals surface area contributed by atoms with Crippen molar-refractivity contribution < 1.29 is 9.53 Å². The molecule has 0 aromatic heterocycles. The van der Waals surface area contributed by atoms with E-state index in [2.05, 4.69) is 36.6 Å². The van der Waals surface area contributed by atoms with Crippen LogP contribution in [-0.4, -0.2) is 31.7 Å². The maximum Gasteiger partial charge on any atom is 0.251 e. The van der Waals surface area contributed by atoms with Gasteiger partial charge in [0.15, 0.2) is 0 Å². The van der Waals surface area contributed by atoms with Gasteiger partial charge >= 0.3 is 0 Å². The fourth-order valence-corrected chi connectivity index (χ4v) is 2.46. The van der Waals surface area contributed by atoms with E-state index in [1.165, 1.54) is 0 Å². The summed E-state index contributed by atoms with van der Waals surface area (Å²) < 4.78 is 5.13. The van der Waals surface area contributed by atoms with Gasteiger partial charge in [-0.2, -0.15) is 0 Å². The maximum absolute atomic E-state index is 11.9. The number of nitrogens with one attached hydrogen (secondary N) is 2. The van der Waals surface area contributed by atoms with Gasteiger partial charge in [0, 0.05) is 23.2 Å². The van der Waals surface area contributed by atoms with Crippen molar-refractivity contribution in [1.82, 2.24) is 5.32 Å². The summed E-state index contributed by atoms with van der Waals surface area (Å²) in [4.78, 5) is 11.9. The zero-order valence-corrected chi connectivity index (χ0v) is 10.7. The third-order valence-corrected chi connectivity index (χ3v) is 3.69. The molecule has 4 heteroatoms. The molecule has 0 unspecified atom stereocenters. The van der Waals surface area contributed by atoms with E-state index in [1.54, 1.807) is 0 Å². The van der Waals surface area contributed by atoms with E-state index in [0.29, 0.717) is 12.6 Å². The fraction of sp³-hybridized carbons (Fsp3) is 0.500. The van der Waals surface area contributed by atoms with Crippen LogP contribution in [-0.2, 0) is 10.2 Å². The first-order valence-electron chi connectivity index (χ1n) is 6.33. The summed E-state index contributed by atoms with van der Waals surface area (Å²) in [6.45, 7) is 6.49. The van der Waals surface area contributed by atoms with Gasteiger partial charge in [-0.25, -0.2) is 0 Å². The summed E-state index contributed by atoms with van der Waals surface area (Å²) in [5.74, 6) is 0.0258. The van der Waals surface area contributed by atoms with Crippen molar-refractivity contribution in [3.8, 4) is 0 Å². The number of hydrogen-bond donors (Lipinski definition) is 2. The van der Waals surface area contributed by atoms with Crippen LogP contribution in [0.2, 0.25) is 0 Å². The van der Waals surface area contributed by atoms with Crippen molar-refractivity contribution >= 4 is 11.6 Å². The average molecular weight is 246 g/mol. The molecule has 2 aliphatic heterocycles. The zero-order chi connectivity index (χ0) is 12.8. The highest BCUT2D eigenvalue weighted by atomic mass is 16.5. The summed E-state index contributed by atoms with van der Waals surface area (Å²) in [5, 5.41) is 6.32. The van der Waals surface area contributed by atoms with Crippen LogP contribution in [0.1, 0.15) is 29.8 Å². The predicted octanol–water partition coefficient (Wildman–Crippen LogP) is 1.52. The molecule has 4 nitrogen and oxygen atoms in total. The van der Waals surface area contributed by atoms with E-state index in [-0.39, 0.29) is 11.3 Å². The van der Waals surface area contributed by atoms with E-state index < -0.39 is 0 Å². The molecule has 0 spiro atoms. The maximum atomic E-state index is 11.9. The molecule has 2 heterocycles. The largest absolute Gasteiger partial charge is 0.378 e. The van der Waals surface area contributed by atoms with E-state index in [0.717, 1.165) is 30.0 Å². The van der Waals surface area contributed by atoms with Crippen LogP contribution >= 0.6 is 0 Å². The number of fused-ring (bicyclic) bond motifs is 1. The van der Waals surface area contributed by atoms with Crippen molar-refractivity contribution in [2.45, 2.75) is 25.3 Å². The quantitative estimate of drug-likeness (QED) is 0.832. The van der Waals surface area contributed by atoms with Crippen LogP contribution in [0.4, 0.5) is 5.69 Å². The smallest absolute Gasteiger partial charge is 0.251 e. The minimum atomic E-state index is 0.00134. The number of anilines is 1. The highest BCUT2D eigenvalue weighted by molar-refractivity contribution is 5.98. The molecule has 18 heavy (non-hydrogen) atoms. The summed E-state index contributed by atoms with van der Waals surface area (Å²) in [6.07, 6.45) is 0. The van der Waals surface area contributed by atoms with Crippen molar-refractivity contribution in [2.75, 3.05) is 25.1 Å². The van der Waals surface area contributed by atoms with E-state index in [4.69, 9.17) is 4.74 Å². The third-order valence-electron chi connectivity index (χ3n) is 3.69. The normalized spacial score (nSPS) is 21.8. The lowest BCUT2D eigenvalue weighted by Gasteiger charge is -2.33. The second kappa shape index (κ2) is 3.99. The Labute approximate surface area is 107 Å². The SMILES string of the molecule is CC1(C)CNC(=O)c2cc(NC3COC3)ccc21. The Hall–Kier alpha value is -1.55. The van der Waals surface area contributed by atoms with Crippen molar-refractivity contribution in [3.63, 3.8) is 0 Å². The average Bonchev–Trinajstić information content (AvgIpc) is 2.29. The Kier molecular flexibility index (Phi) is 2.55. The number of carbonyl (C=O) groups excluding carboxylic acids is 1. The molecular formula is C14H18N2O2. The van der Waals surface area contributed by atoms with Gasteiger partial charge in [0.1, 0.15) is 0 Å². The van der Waals surface area contributed by atoms with Crippen LogP contribution in [0.25, 0.3) is 0 Å². The van der Waals surface area contributed by atoms with Gasteiger partial charge < -0.3 is 15.4 Å². The Balaban J connectivity index is 1.92. The Morgan fingerprint density at radius 3 is 2.83 bits per heavy atom. The molecule has 96 valence electrons. The van der Waals surface area contributed by atoms with E-state index >= 15 is 0 Å². The Morgan fingerprint density at radius 1 is 1.39 bits per heavy atom. The van der Waals surface area contributed by atoms with E-state index in [9.17, 15) is 4.79 Å². The predicted molar refractivity (Wildman–Crippen MR) is 70.0 cm³/mol. The molecule has 0 aliphatic carbocycles. The van der Waals surface area contributed by atoms with Crippen LogP contribution in [0.3, 0.4) is 0 Å². The molecule has 1 saturated heterocycles. The Morgan fingerprint density at radius 2 is 2.17 bits per heavy atom. The fourth-order valence-electron chi connectivity index (χ4n) is 2.46. The lowest BCUT2D eigenvalue weighted by molar-refractivity contribution is 0.0211.